The highest BCUT2D eigenvalue weighted by atomic mass is 19.4. The van der Waals surface area contributed by atoms with Crippen molar-refractivity contribution < 1.29 is 36.6 Å². The summed E-state index contributed by atoms with van der Waals surface area (Å²) in [5.41, 5.74) is 8.55. The zero-order valence-electron chi connectivity index (χ0n) is 18.4. The Morgan fingerprint density at radius 3 is 2.86 bits per heavy atom. The molecule has 2 atom stereocenters. The summed E-state index contributed by atoms with van der Waals surface area (Å²) in [6.07, 6.45) is -3.85. The number of hydrogen-bond acceptors (Lipinski definition) is 7. The van der Waals surface area contributed by atoms with E-state index in [1.54, 1.807) is 6.07 Å². The number of nitrogens with zero attached hydrogens (tertiary/aromatic N) is 3. The fraction of sp³-hybridized carbons (Fsp3) is 0.348. The summed E-state index contributed by atoms with van der Waals surface area (Å²) in [6.45, 7) is 2.57. The number of benzene rings is 1. The number of carbonyl (C=O) groups is 1. The number of hydrogen-bond donors (Lipinski definition) is 1. The Bertz CT molecular complexity index is 1320. The molecule has 0 bridgehead atoms. The molecule has 2 N–H and O–H groups in total. The van der Waals surface area contributed by atoms with Crippen molar-refractivity contribution >= 4 is 22.6 Å². The predicted molar refractivity (Wildman–Crippen MR) is 115 cm³/mol. The van der Waals surface area contributed by atoms with Gasteiger partial charge in [0.2, 0.25) is 0 Å². The van der Waals surface area contributed by atoms with Crippen molar-refractivity contribution in [2.75, 3.05) is 25.5 Å². The largest absolute Gasteiger partial charge is 0.573 e. The second-order valence-corrected chi connectivity index (χ2v) is 8.26. The molecule has 2 aliphatic rings. The normalized spacial score (nSPS) is 20.2. The Morgan fingerprint density at radius 2 is 2.09 bits per heavy atom. The van der Waals surface area contributed by atoms with Crippen LogP contribution in [0.1, 0.15) is 46.2 Å². The second-order valence-electron chi connectivity index (χ2n) is 8.26. The molecule has 0 unspecified atom stereocenters. The van der Waals surface area contributed by atoms with Crippen molar-refractivity contribution in [3.63, 3.8) is 0 Å². The van der Waals surface area contributed by atoms with E-state index in [1.165, 1.54) is 17.2 Å². The first kappa shape index (κ1) is 23.2. The molecule has 12 heteroatoms. The Balaban J connectivity index is 1.50. The molecule has 0 radical (unpaired) electrons. The van der Waals surface area contributed by atoms with Crippen molar-refractivity contribution in [2.24, 2.45) is 0 Å². The van der Waals surface area contributed by atoms with Crippen LogP contribution in [0.4, 0.5) is 23.4 Å². The highest BCUT2D eigenvalue weighted by Gasteiger charge is 2.35. The van der Waals surface area contributed by atoms with Gasteiger partial charge in [-0.05, 0) is 36.2 Å². The van der Waals surface area contributed by atoms with Crippen LogP contribution in [0.5, 0.6) is 5.75 Å². The van der Waals surface area contributed by atoms with Crippen molar-refractivity contribution in [3.8, 4) is 5.75 Å². The molecule has 3 aromatic rings. The van der Waals surface area contributed by atoms with Gasteiger partial charge in [0.15, 0.2) is 11.6 Å². The van der Waals surface area contributed by atoms with E-state index in [2.05, 4.69) is 14.7 Å². The Hall–Kier alpha value is -3.51. The molecule has 1 amide bonds. The minimum Gasteiger partial charge on any atom is -0.403 e. The maximum absolute atomic E-state index is 13.9. The molecule has 184 valence electrons. The number of ether oxygens (including phenoxy) is 3. The summed E-state index contributed by atoms with van der Waals surface area (Å²) >= 11 is 0. The molecule has 1 fully saturated rings. The lowest BCUT2D eigenvalue weighted by Gasteiger charge is -2.36. The number of anilines is 1. The summed E-state index contributed by atoms with van der Waals surface area (Å²) in [4.78, 5) is 23.5. The summed E-state index contributed by atoms with van der Waals surface area (Å²) in [5, 5.41) is 0.685. The van der Waals surface area contributed by atoms with E-state index in [1.807, 2.05) is 6.92 Å². The number of fused-ring (bicyclic) bond motifs is 3. The van der Waals surface area contributed by atoms with Crippen LogP contribution in [0.15, 0.2) is 30.5 Å². The minimum atomic E-state index is -5.06. The molecule has 0 spiro atoms. The van der Waals surface area contributed by atoms with Gasteiger partial charge in [-0.1, -0.05) is 6.07 Å². The van der Waals surface area contributed by atoms with Gasteiger partial charge in [0.25, 0.3) is 5.91 Å². The highest BCUT2D eigenvalue weighted by Crippen LogP contribution is 2.38. The molecule has 35 heavy (non-hydrogen) atoms. The number of alkyl halides is 3. The average molecular weight is 492 g/mol. The van der Waals surface area contributed by atoms with Gasteiger partial charge in [0.1, 0.15) is 11.5 Å². The highest BCUT2D eigenvalue weighted by molar-refractivity contribution is 5.97. The lowest BCUT2D eigenvalue weighted by molar-refractivity contribution is -0.275. The number of morpholine rings is 1. The molecule has 1 saturated heterocycles. The van der Waals surface area contributed by atoms with Crippen LogP contribution in [0.3, 0.4) is 0 Å². The van der Waals surface area contributed by atoms with Crippen LogP contribution in [-0.2, 0) is 16.1 Å². The number of amides is 1. The molecule has 2 aliphatic heterocycles. The lowest BCUT2D eigenvalue weighted by Crippen LogP contribution is -2.43. The van der Waals surface area contributed by atoms with Gasteiger partial charge in [-0.15, -0.1) is 13.2 Å². The van der Waals surface area contributed by atoms with E-state index in [0.29, 0.717) is 23.3 Å². The molecule has 8 nitrogen and oxygen atoms in total. The zero-order valence-corrected chi connectivity index (χ0v) is 18.4. The molecular weight excluding hydrogens is 472 g/mol. The lowest BCUT2D eigenvalue weighted by atomic mass is 10.0. The number of halogens is 4. The summed E-state index contributed by atoms with van der Waals surface area (Å²) in [6, 6.07) is 3.92. The molecule has 5 rings (SSSR count). The number of rotatable bonds is 3. The van der Waals surface area contributed by atoms with E-state index in [0.717, 1.165) is 23.3 Å². The van der Waals surface area contributed by atoms with Crippen molar-refractivity contribution in [3.05, 3.63) is 58.7 Å². The van der Waals surface area contributed by atoms with Gasteiger partial charge in [-0.3, -0.25) is 4.79 Å². The summed E-state index contributed by atoms with van der Waals surface area (Å²) in [5.74, 6) is -2.26. The fourth-order valence-corrected chi connectivity index (χ4v) is 4.49. The number of carbonyl (C=O) groups excluding carboxylic acids is 1. The quantitative estimate of drug-likeness (QED) is 0.551. The Labute approximate surface area is 196 Å². The monoisotopic (exact) mass is 492 g/mol. The standard InChI is InChI=1S/C23H20F4N4O4/c1-11-20-14(9-34-11)13-7-16(29-8-17(13)30-21(20)28)22(32)31-4-5-33-10-18(31)12-2-3-15(24)19(6-12)35-23(25,26)27/h2-3,6-8,11,18H,4-5,9-10H2,1H3,(H2,28,30)/t11-,18+/m1/s1. The van der Waals surface area contributed by atoms with Crippen molar-refractivity contribution in [1.29, 1.82) is 0 Å². The number of nitrogens with two attached hydrogens (primary N) is 1. The number of nitrogen functional groups attached to an aromatic ring is 1. The first-order chi connectivity index (χ1) is 16.6. The molecule has 2 aromatic heterocycles. The Morgan fingerprint density at radius 1 is 1.29 bits per heavy atom. The number of pyridine rings is 2. The third-order valence-corrected chi connectivity index (χ3v) is 6.11. The maximum atomic E-state index is 13.9. The Kier molecular flexibility index (Phi) is 5.72. The third-order valence-electron chi connectivity index (χ3n) is 6.11. The van der Waals surface area contributed by atoms with Gasteiger partial charge in [0, 0.05) is 17.5 Å². The molecular formula is C23H20F4N4O4. The van der Waals surface area contributed by atoms with Gasteiger partial charge in [-0.25, -0.2) is 14.4 Å². The summed E-state index contributed by atoms with van der Waals surface area (Å²) in [7, 11) is 0. The van der Waals surface area contributed by atoms with Crippen LogP contribution in [0.25, 0.3) is 10.9 Å². The van der Waals surface area contributed by atoms with E-state index >= 15 is 0 Å². The number of aromatic nitrogens is 2. The molecule has 1 aromatic carbocycles. The van der Waals surface area contributed by atoms with Crippen molar-refractivity contribution in [1.82, 2.24) is 14.9 Å². The SMILES string of the molecule is C[C@H]1OCc2c1c(N)nc1cnc(C(=O)N3CCOC[C@H]3c3ccc(F)c(OC(F)(F)F)c3)cc21. The van der Waals surface area contributed by atoms with Crippen LogP contribution >= 0.6 is 0 Å². The smallest absolute Gasteiger partial charge is 0.403 e. The van der Waals surface area contributed by atoms with Gasteiger partial charge < -0.3 is 24.8 Å². The molecule has 0 aliphatic carbocycles. The van der Waals surface area contributed by atoms with E-state index in [4.69, 9.17) is 15.2 Å². The van der Waals surface area contributed by atoms with Gasteiger partial charge in [0.05, 0.1) is 43.7 Å². The minimum absolute atomic E-state index is 0.00918. The van der Waals surface area contributed by atoms with Crippen LogP contribution in [-0.4, -0.2) is 46.9 Å². The fourth-order valence-electron chi connectivity index (χ4n) is 4.49. The molecule has 0 saturated carbocycles. The van der Waals surface area contributed by atoms with E-state index in [-0.39, 0.29) is 37.1 Å². The van der Waals surface area contributed by atoms with Gasteiger partial charge in [-0.2, -0.15) is 0 Å². The van der Waals surface area contributed by atoms with E-state index < -0.39 is 29.9 Å². The predicted octanol–water partition coefficient (Wildman–Crippen LogP) is 4.05. The summed E-state index contributed by atoms with van der Waals surface area (Å²) < 4.78 is 66.9. The topological polar surface area (TPSA) is 99.8 Å². The third kappa shape index (κ3) is 4.34. The van der Waals surface area contributed by atoms with Gasteiger partial charge >= 0.3 is 6.36 Å². The first-order valence-corrected chi connectivity index (χ1v) is 10.8. The van der Waals surface area contributed by atoms with Crippen LogP contribution in [0.2, 0.25) is 0 Å². The maximum Gasteiger partial charge on any atom is 0.573 e. The molecule has 4 heterocycles. The second kappa shape index (κ2) is 8.61. The van der Waals surface area contributed by atoms with E-state index in [9.17, 15) is 22.4 Å². The van der Waals surface area contributed by atoms with Crippen LogP contribution < -0.4 is 10.5 Å². The zero-order chi connectivity index (χ0) is 24.9. The van der Waals surface area contributed by atoms with Crippen LogP contribution in [0, 0.1) is 5.82 Å². The van der Waals surface area contributed by atoms with Crippen molar-refractivity contribution in [2.45, 2.75) is 32.0 Å². The average Bonchev–Trinajstić information content (AvgIpc) is 3.21. The first-order valence-electron chi connectivity index (χ1n) is 10.8.